The number of aromatic nitrogens is 2. The van der Waals surface area contributed by atoms with E-state index in [2.05, 4.69) is 9.51 Å². The maximum Gasteiger partial charge on any atom is 0.475 e. The van der Waals surface area contributed by atoms with Crippen LogP contribution in [0.4, 0.5) is 5.82 Å². The number of aliphatic hydroxyl groups excluding tert-OH is 6. The van der Waals surface area contributed by atoms with E-state index in [4.69, 9.17) is 24.8 Å². The second-order valence-corrected chi connectivity index (χ2v) is 9.47. The van der Waals surface area contributed by atoms with Gasteiger partial charge in [-0.1, -0.05) is 0 Å². The van der Waals surface area contributed by atoms with Gasteiger partial charge in [0, 0.05) is 12.6 Å². The number of ether oxygens (including phenoxy) is 2. The van der Waals surface area contributed by atoms with Crippen LogP contribution in [0.25, 0.3) is 0 Å². The fourth-order valence-electron chi connectivity index (χ4n) is 3.69. The third kappa shape index (κ3) is 5.75. The van der Waals surface area contributed by atoms with E-state index in [1.807, 2.05) is 0 Å². The van der Waals surface area contributed by atoms with Crippen molar-refractivity contribution in [3.8, 4) is 0 Å². The topological polar surface area (TPSA) is 294 Å². The van der Waals surface area contributed by atoms with Gasteiger partial charge in [0.25, 0.3) is 5.79 Å². The zero-order chi connectivity index (χ0) is 27.0. The van der Waals surface area contributed by atoms with Crippen molar-refractivity contribution in [3.05, 3.63) is 22.7 Å². The molecular formula is C17H26N3O15P. The molecular weight excluding hydrogens is 517 g/mol. The minimum absolute atomic E-state index is 0.119. The molecule has 0 bridgehead atoms. The van der Waals surface area contributed by atoms with Gasteiger partial charge < -0.3 is 55.8 Å². The highest BCUT2D eigenvalue weighted by molar-refractivity contribution is 7.47. The van der Waals surface area contributed by atoms with Crippen LogP contribution < -0.4 is 11.4 Å². The summed E-state index contributed by atoms with van der Waals surface area (Å²) in [6, 6.07) is 1.21. The van der Waals surface area contributed by atoms with E-state index in [-0.39, 0.29) is 5.82 Å². The van der Waals surface area contributed by atoms with E-state index in [1.54, 1.807) is 0 Å². The summed E-state index contributed by atoms with van der Waals surface area (Å²) in [5.74, 6) is -5.26. The van der Waals surface area contributed by atoms with Crippen molar-refractivity contribution in [1.82, 2.24) is 9.55 Å². The van der Waals surface area contributed by atoms with E-state index in [0.717, 1.165) is 10.8 Å². The first-order valence-electron chi connectivity index (χ1n) is 10.3. The Kier molecular flexibility index (Phi) is 8.50. The minimum atomic E-state index is -5.41. The number of hydrogen-bond acceptors (Lipinski definition) is 15. The first kappa shape index (κ1) is 28.5. The Morgan fingerprint density at radius 3 is 2.56 bits per heavy atom. The molecule has 0 spiro atoms. The molecule has 2 fully saturated rings. The van der Waals surface area contributed by atoms with Crippen molar-refractivity contribution < 1.29 is 68.5 Å². The Labute approximate surface area is 201 Å². The molecule has 10 unspecified atom stereocenters. The number of carboxylic acid groups (broad SMARTS) is 1. The Bertz CT molecular complexity index is 1060. The highest BCUT2D eigenvalue weighted by Gasteiger charge is 2.57. The number of nitrogens with two attached hydrogens (primary N) is 1. The largest absolute Gasteiger partial charge is 0.477 e. The van der Waals surface area contributed by atoms with Crippen LogP contribution in [0.15, 0.2) is 17.1 Å². The fraction of sp³-hybridized carbons (Fsp3) is 0.706. The predicted molar refractivity (Wildman–Crippen MR) is 111 cm³/mol. The molecule has 3 rings (SSSR count). The summed E-state index contributed by atoms with van der Waals surface area (Å²) in [5.41, 5.74) is 4.46. The molecule has 0 aromatic carbocycles. The number of nitrogen functional groups attached to an aromatic ring is 1. The second-order valence-electron chi connectivity index (χ2n) is 8.10. The number of rotatable bonds is 9. The lowest BCUT2D eigenvalue weighted by Crippen LogP contribution is -2.62. The SMILES string of the molecule is Nc1ccn(C2OC(COP(=O)(O)OC3(C(=O)O)CC(O)C(O)C(C(O)CO)O3)C(O)C2O)c(=O)n1. The molecule has 2 aliphatic rings. The van der Waals surface area contributed by atoms with Gasteiger partial charge in [-0.25, -0.2) is 18.7 Å². The Hall–Kier alpha value is -2.06. The number of nitrogens with zero attached hydrogens (tertiary/aromatic N) is 2. The van der Waals surface area contributed by atoms with Gasteiger partial charge in [-0.05, 0) is 6.07 Å². The van der Waals surface area contributed by atoms with Crippen molar-refractivity contribution in [2.75, 3.05) is 18.9 Å². The van der Waals surface area contributed by atoms with Gasteiger partial charge in [-0.3, -0.25) is 9.09 Å². The maximum atomic E-state index is 12.5. The zero-order valence-electron chi connectivity index (χ0n) is 18.2. The molecule has 2 saturated heterocycles. The summed E-state index contributed by atoms with van der Waals surface area (Å²) >= 11 is 0. The summed E-state index contributed by atoms with van der Waals surface area (Å²) in [7, 11) is -5.41. The first-order valence-corrected chi connectivity index (χ1v) is 11.8. The molecule has 0 saturated carbocycles. The predicted octanol–water partition coefficient (Wildman–Crippen LogP) is -4.78. The molecule has 1 aromatic heterocycles. The van der Waals surface area contributed by atoms with Gasteiger partial charge in [-0.2, -0.15) is 4.98 Å². The van der Waals surface area contributed by atoms with E-state index in [0.29, 0.717) is 0 Å². The van der Waals surface area contributed by atoms with Gasteiger partial charge in [0.2, 0.25) is 0 Å². The summed E-state index contributed by atoms with van der Waals surface area (Å²) in [6.07, 6.45) is -14.1. The van der Waals surface area contributed by atoms with Crippen molar-refractivity contribution >= 4 is 19.6 Å². The van der Waals surface area contributed by atoms with E-state index in [1.165, 1.54) is 6.07 Å². The highest BCUT2D eigenvalue weighted by Crippen LogP contribution is 2.51. The molecule has 0 amide bonds. The van der Waals surface area contributed by atoms with Crippen LogP contribution >= 0.6 is 7.82 Å². The van der Waals surface area contributed by atoms with Gasteiger partial charge in [0.05, 0.1) is 19.3 Å². The molecule has 1 aromatic rings. The van der Waals surface area contributed by atoms with Crippen molar-refractivity contribution in [3.63, 3.8) is 0 Å². The van der Waals surface area contributed by atoms with E-state index >= 15 is 0 Å². The number of phosphoric acid groups is 1. The Balaban J connectivity index is 1.73. The maximum absolute atomic E-state index is 12.5. The molecule has 204 valence electrons. The van der Waals surface area contributed by atoms with Crippen LogP contribution in [0.5, 0.6) is 0 Å². The smallest absolute Gasteiger partial charge is 0.475 e. The van der Waals surface area contributed by atoms with Gasteiger partial charge in [0.1, 0.15) is 42.4 Å². The van der Waals surface area contributed by atoms with E-state index in [9.17, 15) is 49.7 Å². The van der Waals surface area contributed by atoms with Crippen LogP contribution in [0.1, 0.15) is 12.6 Å². The molecule has 3 heterocycles. The third-order valence-electron chi connectivity index (χ3n) is 5.55. The molecule has 36 heavy (non-hydrogen) atoms. The fourth-order valence-corrected chi connectivity index (χ4v) is 4.65. The summed E-state index contributed by atoms with van der Waals surface area (Å²) in [5, 5.41) is 68.9. The normalized spacial score (nSPS) is 37.4. The second kappa shape index (κ2) is 10.7. The molecule has 10 atom stereocenters. The number of aliphatic carboxylic acids is 1. The molecule has 19 heteroatoms. The standard InChI is InChI=1S/C17H26N3O15P/c18-9-1-2-20(16(29)19-9)14-12(26)11(25)8(33-14)5-32-36(30,31)35-17(15(27)28)3-6(22)10(24)13(34-17)7(23)4-21/h1-2,6-8,10-14,21-26H,3-5H2,(H,27,28)(H,30,31)(H2,18,19,29). The highest BCUT2D eigenvalue weighted by atomic mass is 31.2. The average Bonchev–Trinajstić information content (AvgIpc) is 3.07. The van der Waals surface area contributed by atoms with Crippen LogP contribution in [0, 0.1) is 0 Å². The number of hydrogen-bond donors (Lipinski definition) is 9. The average molecular weight is 543 g/mol. The number of carbonyl (C=O) groups is 1. The number of aliphatic hydroxyl groups is 6. The molecule has 2 aliphatic heterocycles. The Morgan fingerprint density at radius 2 is 1.97 bits per heavy atom. The third-order valence-corrected chi connectivity index (χ3v) is 6.56. The summed E-state index contributed by atoms with van der Waals surface area (Å²) < 4.78 is 33.0. The first-order chi connectivity index (χ1) is 16.7. The number of anilines is 1. The molecule has 0 aliphatic carbocycles. The molecule has 10 N–H and O–H groups in total. The lowest BCUT2D eigenvalue weighted by atomic mass is 9.93. The van der Waals surface area contributed by atoms with Crippen molar-refractivity contribution in [2.24, 2.45) is 0 Å². The van der Waals surface area contributed by atoms with Crippen LogP contribution in [0.2, 0.25) is 0 Å². The number of carboxylic acids is 1. The van der Waals surface area contributed by atoms with Crippen molar-refractivity contribution in [1.29, 1.82) is 0 Å². The lowest BCUT2D eigenvalue weighted by molar-refractivity contribution is -0.302. The molecule has 0 radical (unpaired) electrons. The zero-order valence-corrected chi connectivity index (χ0v) is 19.1. The van der Waals surface area contributed by atoms with Crippen LogP contribution in [0.3, 0.4) is 0 Å². The lowest BCUT2D eigenvalue weighted by Gasteiger charge is -2.43. The van der Waals surface area contributed by atoms with Crippen molar-refractivity contribution in [2.45, 2.75) is 61.2 Å². The quantitative estimate of drug-likeness (QED) is 0.132. The minimum Gasteiger partial charge on any atom is -0.477 e. The van der Waals surface area contributed by atoms with Gasteiger partial charge in [0.15, 0.2) is 6.23 Å². The summed E-state index contributed by atoms with van der Waals surface area (Å²) in [6.45, 7) is -1.99. The summed E-state index contributed by atoms with van der Waals surface area (Å²) in [4.78, 5) is 37.4. The van der Waals surface area contributed by atoms with E-state index < -0.39 is 93.9 Å². The van der Waals surface area contributed by atoms with Crippen LogP contribution in [-0.2, 0) is 27.9 Å². The van der Waals surface area contributed by atoms with Gasteiger partial charge in [-0.15, -0.1) is 0 Å². The van der Waals surface area contributed by atoms with Gasteiger partial charge >= 0.3 is 19.5 Å². The number of phosphoric ester groups is 1. The molecule has 18 nitrogen and oxygen atoms in total. The van der Waals surface area contributed by atoms with Crippen LogP contribution in [-0.4, -0.2) is 118 Å². The monoisotopic (exact) mass is 543 g/mol. The Morgan fingerprint density at radius 1 is 1.31 bits per heavy atom.